The smallest absolute Gasteiger partial charge is 0.171 e. The fourth-order valence-electron chi connectivity index (χ4n) is 1.62. The number of nitrogens with one attached hydrogen (secondary N) is 1. The van der Waals surface area contributed by atoms with Gasteiger partial charge in [-0.2, -0.15) is 11.8 Å². The van der Waals surface area contributed by atoms with Gasteiger partial charge in [0.2, 0.25) is 0 Å². The normalized spacial score (nSPS) is 10.7. The second kappa shape index (κ2) is 8.59. The van der Waals surface area contributed by atoms with Crippen molar-refractivity contribution in [1.29, 1.82) is 0 Å². The molecule has 0 unspecified atom stereocenters. The van der Waals surface area contributed by atoms with Crippen LogP contribution in [0.3, 0.4) is 0 Å². The molecule has 0 aliphatic rings. The first-order valence-electron chi connectivity index (χ1n) is 6.38. The highest BCUT2D eigenvalue weighted by Crippen LogP contribution is 2.18. The van der Waals surface area contributed by atoms with Gasteiger partial charge in [-0.3, -0.25) is 0 Å². The number of hydrogen-bond acceptors (Lipinski definition) is 4. The summed E-state index contributed by atoms with van der Waals surface area (Å²) in [5.74, 6) is 1.98. The Morgan fingerprint density at radius 1 is 1.06 bits per heavy atom. The molecule has 0 aliphatic heterocycles. The van der Waals surface area contributed by atoms with Crippen molar-refractivity contribution in [3.05, 3.63) is 16.5 Å². The van der Waals surface area contributed by atoms with Gasteiger partial charge in [0.05, 0.1) is 11.4 Å². The first kappa shape index (κ1) is 15.6. The molecule has 1 aromatic heterocycles. The van der Waals surface area contributed by atoms with Gasteiger partial charge in [0.25, 0.3) is 0 Å². The lowest BCUT2D eigenvalue weighted by molar-refractivity contribution is 0.688. The van der Waals surface area contributed by atoms with Crippen LogP contribution in [0.5, 0.6) is 0 Å². The Morgan fingerprint density at radius 3 is 2.44 bits per heavy atom. The number of thioether (sulfide) groups is 1. The van der Waals surface area contributed by atoms with E-state index in [0.29, 0.717) is 11.0 Å². The summed E-state index contributed by atoms with van der Waals surface area (Å²) < 4.78 is 0. The van der Waals surface area contributed by atoms with Gasteiger partial charge in [-0.25, -0.2) is 9.97 Å². The molecule has 0 saturated carbocycles. The molecule has 0 fully saturated rings. The third-order valence-electron chi connectivity index (χ3n) is 2.83. The Morgan fingerprint density at radius 2 is 1.72 bits per heavy atom. The van der Waals surface area contributed by atoms with Crippen LogP contribution in [-0.2, 0) is 0 Å². The maximum atomic E-state index is 6.04. The predicted molar refractivity (Wildman–Crippen MR) is 81.9 cm³/mol. The fraction of sp³-hybridized carbons (Fsp3) is 0.692. The average Bonchev–Trinajstić information content (AvgIpc) is 2.34. The number of aromatic nitrogens is 2. The summed E-state index contributed by atoms with van der Waals surface area (Å²) in [5.41, 5.74) is 1.82. The van der Waals surface area contributed by atoms with E-state index in [1.807, 2.05) is 25.6 Å². The number of aryl methyl sites for hydroxylation is 2. The minimum atomic E-state index is 0.473. The van der Waals surface area contributed by atoms with E-state index >= 15 is 0 Å². The molecule has 1 rings (SSSR count). The van der Waals surface area contributed by atoms with Crippen LogP contribution in [0.15, 0.2) is 0 Å². The standard InChI is InChI=1S/C13H22ClN3S/c1-10-11(2)17-13(12(14)16-10)15-8-6-4-5-7-9-18-3/h4-9H2,1-3H3,(H,15,17). The molecule has 1 heterocycles. The Bertz CT molecular complexity index is 371. The predicted octanol–water partition coefficient (Wildman–Crippen LogP) is 4.08. The van der Waals surface area contributed by atoms with Crippen LogP contribution in [0.4, 0.5) is 5.82 Å². The number of rotatable bonds is 8. The molecule has 0 bridgehead atoms. The Hall–Kier alpha value is -0.480. The first-order valence-corrected chi connectivity index (χ1v) is 8.16. The minimum Gasteiger partial charge on any atom is -0.368 e. The van der Waals surface area contributed by atoms with E-state index in [2.05, 4.69) is 21.5 Å². The van der Waals surface area contributed by atoms with Crippen molar-refractivity contribution >= 4 is 29.2 Å². The number of halogens is 1. The van der Waals surface area contributed by atoms with Crippen molar-refractivity contribution in [3.8, 4) is 0 Å². The topological polar surface area (TPSA) is 37.8 Å². The van der Waals surface area contributed by atoms with E-state index in [1.165, 1.54) is 25.0 Å². The van der Waals surface area contributed by atoms with Crippen molar-refractivity contribution in [2.45, 2.75) is 39.5 Å². The van der Waals surface area contributed by atoms with Gasteiger partial charge >= 0.3 is 0 Å². The van der Waals surface area contributed by atoms with Crippen molar-refractivity contribution in [2.24, 2.45) is 0 Å². The highest BCUT2D eigenvalue weighted by Gasteiger charge is 2.05. The molecule has 18 heavy (non-hydrogen) atoms. The largest absolute Gasteiger partial charge is 0.368 e. The van der Waals surface area contributed by atoms with Crippen molar-refractivity contribution < 1.29 is 0 Å². The Kier molecular flexibility index (Phi) is 7.44. The maximum absolute atomic E-state index is 6.04. The lowest BCUT2D eigenvalue weighted by atomic mass is 10.2. The summed E-state index contributed by atoms with van der Waals surface area (Å²) in [5, 5.41) is 3.73. The highest BCUT2D eigenvalue weighted by atomic mass is 35.5. The maximum Gasteiger partial charge on any atom is 0.171 e. The summed E-state index contributed by atoms with van der Waals surface area (Å²) in [6.45, 7) is 4.78. The SMILES string of the molecule is CSCCCCCCNc1nc(C)c(C)nc1Cl. The summed E-state index contributed by atoms with van der Waals surface area (Å²) in [7, 11) is 0. The highest BCUT2D eigenvalue weighted by molar-refractivity contribution is 7.98. The first-order chi connectivity index (χ1) is 8.65. The zero-order chi connectivity index (χ0) is 13.4. The van der Waals surface area contributed by atoms with Gasteiger partial charge in [-0.1, -0.05) is 24.4 Å². The number of anilines is 1. The Balaban J connectivity index is 2.25. The third kappa shape index (κ3) is 5.44. The van der Waals surface area contributed by atoms with Crippen molar-refractivity contribution in [2.75, 3.05) is 23.9 Å². The lowest BCUT2D eigenvalue weighted by Crippen LogP contribution is -2.06. The summed E-state index contributed by atoms with van der Waals surface area (Å²) in [4.78, 5) is 8.66. The number of nitrogens with zero attached hydrogens (tertiary/aromatic N) is 2. The molecular formula is C13H22ClN3S. The van der Waals surface area contributed by atoms with E-state index in [-0.39, 0.29) is 0 Å². The molecule has 0 atom stereocenters. The zero-order valence-electron chi connectivity index (χ0n) is 11.4. The minimum absolute atomic E-state index is 0.473. The summed E-state index contributed by atoms with van der Waals surface area (Å²) in [6.07, 6.45) is 7.17. The van der Waals surface area contributed by atoms with E-state index < -0.39 is 0 Å². The molecule has 0 saturated heterocycles. The Labute approximate surface area is 119 Å². The molecule has 1 N–H and O–H groups in total. The van der Waals surface area contributed by atoms with Crippen LogP contribution in [-0.4, -0.2) is 28.5 Å². The van der Waals surface area contributed by atoms with E-state index in [4.69, 9.17) is 11.6 Å². The average molecular weight is 288 g/mol. The fourth-order valence-corrected chi connectivity index (χ4v) is 2.35. The van der Waals surface area contributed by atoms with Gasteiger partial charge < -0.3 is 5.32 Å². The van der Waals surface area contributed by atoms with Crippen LogP contribution in [0.1, 0.15) is 37.1 Å². The van der Waals surface area contributed by atoms with Gasteiger partial charge in [0.1, 0.15) is 0 Å². The van der Waals surface area contributed by atoms with Crippen LogP contribution in [0.25, 0.3) is 0 Å². The van der Waals surface area contributed by atoms with Crippen molar-refractivity contribution in [3.63, 3.8) is 0 Å². The van der Waals surface area contributed by atoms with Gasteiger partial charge in [-0.15, -0.1) is 0 Å². The van der Waals surface area contributed by atoms with Crippen LogP contribution in [0.2, 0.25) is 5.15 Å². The summed E-state index contributed by atoms with van der Waals surface area (Å²) >= 11 is 7.96. The van der Waals surface area contributed by atoms with Crippen LogP contribution < -0.4 is 5.32 Å². The van der Waals surface area contributed by atoms with Crippen LogP contribution in [0, 0.1) is 13.8 Å². The zero-order valence-corrected chi connectivity index (χ0v) is 13.0. The molecule has 5 heteroatoms. The molecular weight excluding hydrogens is 266 g/mol. The molecule has 0 aromatic carbocycles. The van der Waals surface area contributed by atoms with E-state index in [0.717, 1.165) is 24.4 Å². The molecule has 3 nitrogen and oxygen atoms in total. The molecule has 1 aromatic rings. The monoisotopic (exact) mass is 287 g/mol. The van der Waals surface area contributed by atoms with Crippen molar-refractivity contribution in [1.82, 2.24) is 9.97 Å². The quantitative estimate of drug-likeness (QED) is 0.731. The third-order valence-corrected chi connectivity index (χ3v) is 3.79. The number of hydrogen-bond donors (Lipinski definition) is 1. The van der Waals surface area contributed by atoms with Gasteiger partial charge in [0.15, 0.2) is 11.0 Å². The van der Waals surface area contributed by atoms with E-state index in [9.17, 15) is 0 Å². The van der Waals surface area contributed by atoms with Gasteiger partial charge in [-0.05, 0) is 38.7 Å². The molecule has 0 spiro atoms. The van der Waals surface area contributed by atoms with Gasteiger partial charge in [0, 0.05) is 6.54 Å². The summed E-state index contributed by atoms with van der Waals surface area (Å²) in [6, 6.07) is 0. The van der Waals surface area contributed by atoms with Crippen LogP contribution >= 0.6 is 23.4 Å². The lowest BCUT2D eigenvalue weighted by Gasteiger charge is -2.09. The van der Waals surface area contributed by atoms with E-state index in [1.54, 1.807) is 0 Å². The molecule has 0 amide bonds. The molecule has 102 valence electrons. The molecule has 0 radical (unpaired) electrons. The second-order valence-electron chi connectivity index (χ2n) is 4.37. The number of unbranched alkanes of at least 4 members (excludes halogenated alkanes) is 3. The second-order valence-corrected chi connectivity index (χ2v) is 5.71. The molecule has 0 aliphatic carbocycles.